The standard InChI is InChI=1S/C23H26N2O2/c1-5-13-23(2,3)17-8-10-18(11-9-17)27-22-19(7-6-14-25-22)20-16-24-15-12-21(20)26-4/h6-12,14-16H,5,13H2,1-4H3. The number of rotatable bonds is 7. The fourth-order valence-corrected chi connectivity index (χ4v) is 3.29. The lowest BCUT2D eigenvalue weighted by Crippen LogP contribution is -2.16. The molecule has 0 fully saturated rings. The molecule has 4 nitrogen and oxygen atoms in total. The van der Waals surface area contributed by atoms with Crippen LogP contribution < -0.4 is 9.47 Å². The second-order valence-electron chi connectivity index (χ2n) is 7.19. The third-order valence-corrected chi connectivity index (χ3v) is 4.79. The molecule has 0 aliphatic rings. The summed E-state index contributed by atoms with van der Waals surface area (Å²) in [7, 11) is 1.65. The lowest BCUT2D eigenvalue weighted by molar-refractivity contribution is 0.415. The van der Waals surface area contributed by atoms with E-state index in [2.05, 4.69) is 42.9 Å². The van der Waals surface area contributed by atoms with Crippen LogP contribution in [-0.2, 0) is 5.41 Å². The first-order valence-electron chi connectivity index (χ1n) is 9.27. The minimum Gasteiger partial charge on any atom is -0.496 e. The van der Waals surface area contributed by atoms with Crippen LogP contribution in [0.2, 0.25) is 0 Å². The van der Waals surface area contributed by atoms with Gasteiger partial charge in [-0.2, -0.15) is 0 Å². The highest BCUT2D eigenvalue weighted by molar-refractivity contribution is 5.73. The van der Waals surface area contributed by atoms with E-state index in [0.29, 0.717) is 5.88 Å². The normalized spacial score (nSPS) is 11.3. The van der Waals surface area contributed by atoms with Crippen LogP contribution in [0.25, 0.3) is 11.1 Å². The molecule has 0 aliphatic carbocycles. The smallest absolute Gasteiger partial charge is 0.227 e. The largest absolute Gasteiger partial charge is 0.496 e. The van der Waals surface area contributed by atoms with Crippen molar-refractivity contribution in [2.45, 2.75) is 39.0 Å². The first-order valence-corrected chi connectivity index (χ1v) is 9.27. The Morgan fingerprint density at radius 2 is 1.74 bits per heavy atom. The summed E-state index contributed by atoms with van der Waals surface area (Å²) < 4.78 is 11.6. The molecule has 140 valence electrons. The molecule has 2 aromatic heterocycles. The third kappa shape index (κ3) is 4.27. The minimum atomic E-state index is 0.159. The topological polar surface area (TPSA) is 44.2 Å². The van der Waals surface area contributed by atoms with Gasteiger partial charge in [-0.15, -0.1) is 0 Å². The van der Waals surface area contributed by atoms with Crippen molar-refractivity contribution in [1.29, 1.82) is 0 Å². The number of methoxy groups -OCH3 is 1. The Labute approximate surface area is 161 Å². The molecule has 0 radical (unpaired) electrons. The van der Waals surface area contributed by atoms with Crippen molar-refractivity contribution >= 4 is 0 Å². The van der Waals surface area contributed by atoms with Crippen molar-refractivity contribution < 1.29 is 9.47 Å². The number of hydrogen-bond donors (Lipinski definition) is 0. The fourth-order valence-electron chi connectivity index (χ4n) is 3.29. The van der Waals surface area contributed by atoms with Crippen LogP contribution in [0.1, 0.15) is 39.2 Å². The Morgan fingerprint density at radius 1 is 0.963 bits per heavy atom. The Hall–Kier alpha value is -2.88. The van der Waals surface area contributed by atoms with E-state index in [1.807, 2.05) is 30.3 Å². The summed E-state index contributed by atoms with van der Waals surface area (Å²) in [5.74, 6) is 2.03. The van der Waals surface area contributed by atoms with E-state index >= 15 is 0 Å². The van der Waals surface area contributed by atoms with Crippen molar-refractivity contribution in [3.63, 3.8) is 0 Å². The molecule has 0 atom stereocenters. The third-order valence-electron chi connectivity index (χ3n) is 4.79. The molecule has 1 aromatic carbocycles. The van der Waals surface area contributed by atoms with E-state index in [1.165, 1.54) is 5.56 Å². The number of nitrogens with zero attached hydrogens (tertiary/aromatic N) is 2. The summed E-state index contributed by atoms with van der Waals surface area (Å²) in [4.78, 5) is 8.63. The van der Waals surface area contributed by atoms with Gasteiger partial charge in [-0.3, -0.25) is 4.98 Å². The predicted octanol–water partition coefficient (Wildman–Crippen LogP) is 6.02. The van der Waals surface area contributed by atoms with Gasteiger partial charge in [0.1, 0.15) is 11.5 Å². The number of aromatic nitrogens is 2. The molecule has 0 saturated carbocycles. The van der Waals surface area contributed by atoms with Crippen LogP contribution in [0.4, 0.5) is 0 Å². The Bertz CT molecular complexity index is 889. The maximum atomic E-state index is 6.10. The maximum Gasteiger partial charge on any atom is 0.227 e. The van der Waals surface area contributed by atoms with Gasteiger partial charge in [-0.05, 0) is 47.7 Å². The van der Waals surface area contributed by atoms with E-state index < -0.39 is 0 Å². The van der Waals surface area contributed by atoms with Gasteiger partial charge in [0.05, 0.1) is 7.11 Å². The van der Waals surface area contributed by atoms with Crippen LogP contribution in [0.5, 0.6) is 17.4 Å². The Morgan fingerprint density at radius 3 is 2.44 bits per heavy atom. The van der Waals surface area contributed by atoms with Crippen molar-refractivity contribution in [3.8, 4) is 28.5 Å². The molecule has 3 rings (SSSR count). The summed E-state index contributed by atoms with van der Waals surface area (Å²) in [6.45, 7) is 6.77. The van der Waals surface area contributed by atoms with Crippen molar-refractivity contribution in [3.05, 3.63) is 66.6 Å². The monoisotopic (exact) mass is 362 g/mol. The molecule has 2 heterocycles. The van der Waals surface area contributed by atoms with E-state index in [0.717, 1.165) is 35.5 Å². The van der Waals surface area contributed by atoms with Crippen molar-refractivity contribution in [2.75, 3.05) is 7.11 Å². The SMILES string of the molecule is CCCC(C)(C)c1ccc(Oc2ncccc2-c2cnccc2OC)cc1. The van der Waals surface area contributed by atoms with Crippen molar-refractivity contribution in [1.82, 2.24) is 9.97 Å². The number of ether oxygens (including phenoxy) is 2. The molecular formula is C23H26N2O2. The summed E-state index contributed by atoms with van der Waals surface area (Å²) in [5.41, 5.74) is 3.17. The van der Waals surface area contributed by atoms with E-state index in [1.54, 1.807) is 25.7 Å². The highest BCUT2D eigenvalue weighted by Gasteiger charge is 2.19. The first-order chi connectivity index (χ1) is 13.0. The van der Waals surface area contributed by atoms with Crippen LogP contribution in [0.3, 0.4) is 0 Å². The molecule has 0 amide bonds. The molecule has 0 bridgehead atoms. The van der Waals surface area contributed by atoms with Gasteiger partial charge in [-0.1, -0.05) is 39.3 Å². The minimum absolute atomic E-state index is 0.159. The van der Waals surface area contributed by atoms with E-state index in [-0.39, 0.29) is 5.41 Å². The zero-order valence-electron chi connectivity index (χ0n) is 16.4. The number of benzene rings is 1. The van der Waals surface area contributed by atoms with Gasteiger partial charge in [0.2, 0.25) is 5.88 Å². The first kappa shape index (κ1) is 18.9. The second kappa shape index (κ2) is 8.21. The maximum absolute atomic E-state index is 6.10. The summed E-state index contributed by atoms with van der Waals surface area (Å²) in [5, 5.41) is 0. The van der Waals surface area contributed by atoms with Crippen molar-refractivity contribution in [2.24, 2.45) is 0 Å². The van der Waals surface area contributed by atoms with Gasteiger partial charge >= 0.3 is 0 Å². The lowest BCUT2D eigenvalue weighted by atomic mass is 9.81. The molecule has 0 N–H and O–H groups in total. The summed E-state index contributed by atoms with van der Waals surface area (Å²) in [6.07, 6.45) is 7.50. The number of hydrogen-bond acceptors (Lipinski definition) is 4. The molecular weight excluding hydrogens is 336 g/mol. The predicted molar refractivity (Wildman–Crippen MR) is 108 cm³/mol. The molecule has 4 heteroatoms. The van der Waals surface area contributed by atoms with Gasteiger partial charge < -0.3 is 9.47 Å². The molecule has 3 aromatic rings. The van der Waals surface area contributed by atoms with Gasteiger partial charge in [0.25, 0.3) is 0 Å². The zero-order valence-corrected chi connectivity index (χ0v) is 16.4. The second-order valence-corrected chi connectivity index (χ2v) is 7.19. The van der Waals surface area contributed by atoms with E-state index in [9.17, 15) is 0 Å². The van der Waals surface area contributed by atoms with Crippen LogP contribution in [0, 0.1) is 0 Å². The van der Waals surface area contributed by atoms with Crippen LogP contribution in [-0.4, -0.2) is 17.1 Å². The molecule has 0 aliphatic heterocycles. The molecule has 27 heavy (non-hydrogen) atoms. The van der Waals surface area contributed by atoms with Gasteiger partial charge in [-0.25, -0.2) is 4.98 Å². The van der Waals surface area contributed by atoms with Gasteiger partial charge in [0.15, 0.2) is 0 Å². The zero-order chi connectivity index (χ0) is 19.3. The lowest BCUT2D eigenvalue weighted by Gasteiger charge is -2.24. The summed E-state index contributed by atoms with van der Waals surface area (Å²) >= 11 is 0. The Kier molecular flexibility index (Phi) is 5.75. The number of pyridine rings is 2. The van der Waals surface area contributed by atoms with Crippen LogP contribution >= 0.6 is 0 Å². The quantitative estimate of drug-likeness (QED) is 0.515. The van der Waals surface area contributed by atoms with E-state index in [4.69, 9.17) is 9.47 Å². The molecule has 0 saturated heterocycles. The van der Waals surface area contributed by atoms with Gasteiger partial charge in [0, 0.05) is 29.7 Å². The molecule has 0 unspecified atom stereocenters. The average molecular weight is 362 g/mol. The van der Waals surface area contributed by atoms with Crippen LogP contribution in [0.15, 0.2) is 61.1 Å². The average Bonchev–Trinajstić information content (AvgIpc) is 2.69. The summed E-state index contributed by atoms with van der Waals surface area (Å²) in [6, 6.07) is 14.0. The highest BCUT2D eigenvalue weighted by Crippen LogP contribution is 2.36. The Balaban J connectivity index is 1.89. The molecule has 0 spiro atoms. The highest BCUT2D eigenvalue weighted by atomic mass is 16.5. The fraction of sp³-hybridized carbons (Fsp3) is 0.304.